The Kier molecular flexibility index (Phi) is 4.45. The SMILES string of the molecule is CC(=O)c1c(C)[nH]c(C(=O)[C@H](C)Oc2cccc3ccccc23)c1C. The molecule has 0 aliphatic rings. The van der Waals surface area contributed by atoms with Crippen LogP contribution in [0.25, 0.3) is 10.8 Å². The standard InChI is InChI=1S/C21H21NO3/c1-12-19(14(3)23)13(2)22-20(12)21(24)15(4)25-18-11-7-9-16-8-5-6-10-17(16)18/h5-11,15,22H,1-4H3/t15-/m0/s1. The molecule has 0 fully saturated rings. The Balaban J connectivity index is 1.91. The predicted octanol–water partition coefficient (Wildman–Crippen LogP) is 4.64. The van der Waals surface area contributed by atoms with E-state index >= 15 is 0 Å². The fourth-order valence-electron chi connectivity index (χ4n) is 3.27. The Morgan fingerprint density at radius 2 is 1.72 bits per heavy atom. The lowest BCUT2D eigenvalue weighted by Crippen LogP contribution is -2.25. The Bertz CT molecular complexity index is 963. The molecule has 0 amide bonds. The van der Waals surface area contributed by atoms with Crippen LogP contribution in [0, 0.1) is 13.8 Å². The highest BCUT2D eigenvalue weighted by atomic mass is 16.5. The van der Waals surface area contributed by atoms with Crippen molar-refractivity contribution in [2.75, 3.05) is 0 Å². The molecular weight excluding hydrogens is 314 g/mol. The van der Waals surface area contributed by atoms with E-state index < -0.39 is 6.10 Å². The fraction of sp³-hybridized carbons (Fsp3) is 0.238. The molecule has 3 rings (SSSR count). The van der Waals surface area contributed by atoms with Crippen LogP contribution in [0.4, 0.5) is 0 Å². The van der Waals surface area contributed by atoms with Gasteiger partial charge in [-0.2, -0.15) is 0 Å². The number of fused-ring (bicyclic) bond motifs is 1. The number of hydrogen-bond acceptors (Lipinski definition) is 3. The zero-order valence-electron chi connectivity index (χ0n) is 14.8. The highest BCUT2D eigenvalue weighted by molar-refractivity contribution is 6.05. The first kappa shape index (κ1) is 17.0. The molecule has 1 aromatic heterocycles. The van der Waals surface area contributed by atoms with Crippen LogP contribution in [0.3, 0.4) is 0 Å². The molecule has 0 aliphatic carbocycles. The number of carbonyl (C=O) groups excluding carboxylic acids is 2. The minimum atomic E-state index is -0.664. The summed E-state index contributed by atoms with van der Waals surface area (Å²) in [5.41, 5.74) is 2.42. The van der Waals surface area contributed by atoms with Crippen LogP contribution < -0.4 is 4.74 Å². The first-order chi connectivity index (χ1) is 11.9. The van der Waals surface area contributed by atoms with Crippen molar-refractivity contribution in [3.8, 4) is 5.75 Å². The van der Waals surface area contributed by atoms with Gasteiger partial charge in [-0.1, -0.05) is 36.4 Å². The van der Waals surface area contributed by atoms with Gasteiger partial charge in [0.25, 0.3) is 0 Å². The van der Waals surface area contributed by atoms with E-state index in [4.69, 9.17) is 4.74 Å². The Hall–Kier alpha value is -2.88. The Labute approximate surface area is 146 Å². The van der Waals surface area contributed by atoms with Crippen molar-refractivity contribution < 1.29 is 14.3 Å². The molecule has 128 valence electrons. The first-order valence-electron chi connectivity index (χ1n) is 8.29. The average molecular weight is 335 g/mol. The Morgan fingerprint density at radius 3 is 2.40 bits per heavy atom. The third-order valence-corrected chi connectivity index (χ3v) is 4.46. The maximum absolute atomic E-state index is 12.8. The summed E-state index contributed by atoms with van der Waals surface area (Å²) in [7, 11) is 0. The van der Waals surface area contributed by atoms with E-state index in [0.29, 0.717) is 28.3 Å². The third kappa shape index (κ3) is 3.07. The van der Waals surface area contributed by atoms with Gasteiger partial charge in [-0.25, -0.2) is 0 Å². The number of H-pyrrole nitrogens is 1. The number of ether oxygens (including phenoxy) is 1. The molecule has 0 aliphatic heterocycles. The highest BCUT2D eigenvalue weighted by Crippen LogP contribution is 2.27. The number of aromatic amines is 1. The molecule has 0 radical (unpaired) electrons. The number of rotatable bonds is 5. The van der Waals surface area contributed by atoms with Crippen molar-refractivity contribution in [2.45, 2.75) is 33.8 Å². The van der Waals surface area contributed by atoms with Gasteiger partial charge >= 0.3 is 0 Å². The van der Waals surface area contributed by atoms with Gasteiger partial charge in [0.15, 0.2) is 11.9 Å². The molecular formula is C21H21NO3. The van der Waals surface area contributed by atoms with E-state index in [1.807, 2.05) is 42.5 Å². The van der Waals surface area contributed by atoms with Crippen LogP contribution in [-0.2, 0) is 0 Å². The van der Waals surface area contributed by atoms with Crippen LogP contribution in [0.15, 0.2) is 42.5 Å². The van der Waals surface area contributed by atoms with Gasteiger partial charge in [0, 0.05) is 16.6 Å². The number of nitrogens with one attached hydrogen (secondary N) is 1. The van der Waals surface area contributed by atoms with Crippen LogP contribution in [0.5, 0.6) is 5.75 Å². The van der Waals surface area contributed by atoms with Crippen molar-refractivity contribution in [1.82, 2.24) is 4.98 Å². The van der Waals surface area contributed by atoms with Crippen molar-refractivity contribution in [1.29, 1.82) is 0 Å². The van der Waals surface area contributed by atoms with Crippen molar-refractivity contribution >= 4 is 22.3 Å². The zero-order chi connectivity index (χ0) is 18.1. The first-order valence-corrected chi connectivity index (χ1v) is 8.29. The quantitative estimate of drug-likeness (QED) is 0.691. The normalized spacial score (nSPS) is 12.2. The molecule has 1 heterocycles. The molecule has 0 unspecified atom stereocenters. The third-order valence-electron chi connectivity index (χ3n) is 4.46. The van der Waals surface area contributed by atoms with Gasteiger partial charge in [0.2, 0.25) is 5.78 Å². The van der Waals surface area contributed by atoms with E-state index in [2.05, 4.69) is 4.98 Å². The molecule has 0 bridgehead atoms. The molecule has 0 saturated heterocycles. The second-order valence-corrected chi connectivity index (χ2v) is 6.28. The van der Waals surface area contributed by atoms with Crippen LogP contribution in [0.1, 0.15) is 46.0 Å². The number of aryl methyl sites for hydroxylation is 1. The highest BCUT2D eigenvalue weighted by Gasteiger charge is 2.25. The molecule has 2 aromatic carbocycles. The van der Waals surface area contributed by atoms with Crippen molar-refractivity contribution in [2.24, 2.45) is 0 Å². The average Bonchev–Trinajstić information content (AvgIpc) is 2.89. The van der Waals surface area contributed by atoms with Crippen molar-refractivity contribution in [3.05, 3.63) is 65.0 Å². The van der Waals surface area contributed by atoms with Crippen LogP contribution >= 0.6 is 0 Å². The summed E-state index contributed by atoms with van der Waals surface area (Å²) in [6.07, 6.45) is -0.664. The van der Waals surface area contributed by atoms with Gasteiger partial charge in [-0.15, -0.1) is 0 Å². The van der Waals surface area contributed by atoms with Crippen LogP contribution in [0.2, 0.25) is 0 Å². The lowest BCUT2D eigenvalue weighted by Gasteiger charge is -2.15. The molecule has 4 nitrogen and oxygen atoms in total. The molecule has 0 saturated carbocycles. The second kappa shape index (κ2) is 6.55. The van der Waals surface area contributed by atoms with Crippen LogP contribution in [-0.4, -0.2) is 22.7 Å². The number of carbonyl (C=O) groups is 2. The minimum Gasteiger partial charge on any atom is -0.482 e. The summed E-state index contributed by atoms with van der Waals surface area (Å²) >= 11 is 0. The maximum Gasteiger partial charge on any atom is 0.219 e. The lowest BCUT2D eigenvalue weighted by atomic mass is 10.0. The second-order valence-electron chi connectivity index (χ2n) is 6.28. The zero-order valence-corrected chi connectivity index (χ0v) is 14.8. The van der Waals surface area contributed by atoms with Gasteiger partial charge in [-0.05, 0) is 44.7 Å². The summed E-state index contributed by atoms with van der Waals surface area (Å²) in [5, 5.41) is 2.03. The van der Waals surface area contributed by atoms with Gasteiger partial charge in [0.1, 0.15) is 5.75 Å². The van der Waals surface area contributed by atoms with Crippen molar-refractivity contribution in [3.63, 3.8) is 0 Å². The van der Waals surface area contributed by atoms with E-state index in [9.17, 15) is 9.59 Å². The number of Topliss-reactive ketones (excluding diaryl/α,β-unsaturated/α-hetero) is 2. The summed E-state index contributed by atoms with van der Waals surface area (Å²) < 4.78 is 5.95. The number of aromatic nitrogens is 1. The summed E-state index contributed by atoms with van der Waals surface area (Å²) in [6.45, 7) is 6.83. The molecule has 1 N–H and O–H groups in total. The Morgan fingerprint density at radius 1 is 1.04 bits per heavy atom. The number of ketones is 2. The topological polar surface area (TPSA) is 59.2 Å². The number of hydrogen-bond donors (Lipinski definition) is 1. The predicted molar refractivity (Wildman–Crippen MR) is 98.6 cm³/mol. The van der Waals surface area contributed by atoms with Gasteiger partial charge in [-0.3, -0.25) is 9.59 Å². The maximum atomic E-state index is 12.8. The smallest absolute Gasteiger partial charge is 0.219 e. The molecule has 4 heteroatoms. The number of benzene rings is 2. The molecule has 3 aromatic rings. The van der Waals surface area contributed by atoms with E-state index in [-0.39, 0.29) is 11.6 Å². The van der Waals surface area contributed by atoms with E-state index in [1.165, 1.54) is 6.92 Å². The fourth-order valence-corrected chi connectivity index (χ4v) is 3.27. The largest absolute Gasteiger partial charge is 0.482 e. The molecule has 1 atom stereocenters. The summed E-state index contributed by atoms with van der Waals surface area (Å²) in [5.74, 6) is 0.459. The lowest BCUT2D eigenvalue weighted by molar-refractivity contribution is 0.0815. The molecule has 0 spiro atoms. The summed E-state index contributed by atoms with van der Waals surface area (Å²) in [4.78, 5) is 27.6. The van der Waals surface area contributed by atoms with Gasteiger partial charge in [0.05, 0.1) is 5.69 Å². The van der Waals surface area contributed by atoms with Gasteiger partial charge < -0.3 is 9.72 Å². The van der Waals surface area contributed by atoms with E-state index in [1.54, 1.807) is 20.8 Å². The monoisotopic (exact) mass is 335 g/mol. The summed E-state index contributed by atoms with van der Waals surface area (Å²) in [6, 6.07) is 13.7. The molecule has 25 heavy (non-hydrogen) atoms. The minimum absolute atomic E-state index is 0.0482. The van der Waals surface area contributed by atoms with E-state index in [0.717, 1.165) is 10.8 Å².